The molecular weight excluding hydrogens is 372 g/mol. The Balaban J connectivity index is 1.40. The van der Waals surface area contributed by atoms with Gasteiger partial charge in [-0.25, -0.2) is 4.68 Å². The summed E-state index contributed by atoms with van der Waals surface area (Å²) in [5.74, 6) is 0.251. The van der Waals surface area contributed by atoms with Gasteiger partial charge in [0, 0.05) is 30.6 Å². The Hall–Kier alpha value is -2.64. The molecule has 4 rings (SSSR count). The molecule has 1 amide bonds. The van der Waals surface area contributed by atoms with Crippen molar-refractivity contribution >= 4 is 17.2 Å². The zero-order valence-electron chi connectivity index (χ0n) is 16.1. The summed E-state index contributed by atoms with van der Waals surface area (Å²) in [7, 11) is 1.55. The Morgan fingerprint density at radius 2 is 2.14 bits per heavy atom. The van der Waals surface area contributed by atoms with Crippen LogP contribution < -0.4 is 10.1 Å². The van der Waals surface area contributed by atoms with Gasteiger partial charge in [-0.2, -0.15) is 5.10 Å². The Kier molecular flexibility index (Phi) is 5.45. The summed E-state index contributed by atoms with van der Waals surface area (Å²) >= 11 is 1.84. The van der Waals surface area contributed by atoms with Crippen molar-refractivity contribution in [3.8, 4) is 11.4 Å². The third kappa shape index (κ3) is 3.81. The summed E-state index contributed by atoms with van der Waals surface area (Å²) < 4.78 is 7.04. The number of carbonyl (C=O) groups is 1. The zero-order chi connectivity index (χ0) is 19.5. The molecule has 1 aliphatic rings. The van der Waals surface area contributed by atoms with Crippen molar-refractivity contribution in [2.24, 2.45) is 0 Å². The predicted molar refractivity (Wildman–Crippen MR) is 110 cm³/mol. The van der Waals surface area contributed by atoms with Gasteiger partial charge in [0.25, 0.3) is 5.91 Å². The van der Waals surface area contributed by atoms with Crippen LogP contribution in [0.15, 0.2) is 48.0 Å². The molecule has 0 aliphatic carbocycles. The van der Waals surface area contributed by atoms with E-state index in [0.29, 0.717) is 18.0 Å². The highest BCUT2D eigenvalue weighted by Crippen LogP contribution is 2.25. The zero-order valence-corrected chi connectivity index (χ0v) is 16.9. The highest BCUT2D eigenvalue weighted by Gasteiger charge is 2.23. The van der Waals surface area contributed by atoms with Crippen LogP contribution in [0.1, 0.15) is 27.9 Å². The first-order valence-electron chi connectivity index (χ1n) is 9.42. The first-order chi connectivity index (χ1) is 13.7. The Bertz CT molecular complexity index is 950. The van der Waals surface area contributed by atoms with E-state index in [-0.39, 0.29) is 11.9 Å². The number of rotatable bonds is 6. The molecule has 0 fully saturated rings. The molecular formula is C21H24N4O2S. The first kappa shape index (κ1) is 18.7. The van der Waals surface area contributed by atoms with Crippen LogP contribution in [0.25, 0.3) is 5.69 Å². The normalized spacial score (nSPS) is 15.1. The van der Waals surface area contributed by atoms with E-state index in [4.69, 9.17) is 4.74 Å². The minimum atomic E-state index is -0.216. The lowest BCUT2D eigenvalue weighted by atomic mass is 10.1. The van der Waals surface area contributed by atoms with E-state index in [1.807, 2.05) is 41.7 Å². The molecule has 1 N–H and O–H groups in total. The van der Waals surface area contributed by atoms with E-state index in [9.17, 15) is 4.79 Å². The number of para-hydroxylation sites is 1. The number of fused-ring (bicyclic) bond motifs is 1. The molecule has 7 heteroatoms. The number of hydrogen-bond acceptors (Lipinski definition) is 5. The van der Waals surface area contributed by atoms with Crippen LogP contribution in [0.3, 0.4) is 0 Å². The van der Waals surface area contributed by atoms with Gasteiger partial charge in [-0.05, 0) is 42.5 Å². The second-order valence-electron chi connectivity index (χ2n) is 6.97. The second-order valence-corrected chi connectivity index (χ2v) is 7.98. The monoisotopic (exact) mass is 396 g/mol. The lowest BCUT2D eigenvalue weighted by molar-refractivity contribution is 0.0924. The molecule has 28 heavy (non-hydrogen) atoms. The number of amides is 1. The topological polar surface area (TPSA) is 59.4 Å². The number of nitrogens with one attached hydrogen (secondary N) is 1. The van der Waals surface area contributed by atoms with Gasteiger partial charge in [0.2, 0.25) is 0 Å². The Labute approximate surface area is 168 Å². The molecule has 0 saturated carbocycles. The second kappa shape index (κ2) is 8.16. The van der Waals surface area contributed by atoms with Crippen molar-refractivity contribution in [1.29, 1.82) is 0 Å². The molecule has 146 valence electrons. The molecule has 3 aromatic rings. The van der Waals surface area contributed by atoms with Crippen molar-refractivity contribution in [2.75, 3.05) is 20.2 Å². The minimum absolute atomic E-state index is 0.216. The number of aromatic nitrogens is 2. The van der Waals surface area contributed by atoms with Gasteiger partial charge in [-0.15, -0.1) is 11.3 Å². The highest BCUT2D eigenvalue weighted by atomic mass is 32.1. The van der Waals surface area contributed by atoms with Gasteiger partial charge in [0.15, 0.2) is 11.4 Å². The summed E-state index contributed by atoms with van der Waals surface area (Å²) in [5, 5.41) is 9.61. The third-order valence-corrected chi connectivity index (χ3v) is 6.18. The van der Waals surface area contributed by atoms with Crippen molar-refractivity contribution in [3.05, 3.63) is 64.1 Å². The van der Waals surface area contributed by atoms with Crippen molar-refractivity contribution < 1.29 is 9.53 Å². The molecule has 0 radical (unpaired) electrons. The van der Waals surface area contributed by atoms with Crippen LogP contribution in [-0.4, -0.2) is 46.8 Å². The van der Waals surface area contributed by atoms with E-state index >= 15 is 0 Å². The van der Waals surface area contributed by atoms with Gasteiger partial charge < -0.3 is 10.1 Å². The molecule has 0 spiro atoms. The summed E-state index contributed by atoms with van der Waals surface area (Å²) in [6.07, 6.45) is 2.82. The summed E-state index contributed by atoms with van der Waals surface area (Å²) in [6, 6.07) is 12.1. The lowest BCUT2D eigenvalue weighted by Gasteiger charge is -2.32. The summed E-state index contributed by atoms with van der Waals surface area (Å²) in [4.78, 5) is 16.6. The fourth-order valence-corrected chi connectivity index (χ4v) is 4.37. The molecule has 1 atom stereocenters. The maximum Gasteiger partial charge on any atom is 0.275 e. The van der Waals surface area contributed by atoms with E-state index in [0.717, 1.165) is 25.2 Å². The lowest BCUT2D eigenvalue weighted by Crippen LogP contribution is -2.44. The van der Waals surface area contributed by atoms with Crippen LogP contribution in [-0.2, 0) is 13.0 Å². The maximum atomic E-state index is 12.7. The molecule has 6 nitrogen and oxygen atoms in total. The van der Waals surface area contributed by atoms with Crippen LogP contribution in [0, 0.1) is 0 Å². The van der Waals surface area contributed by atoms with E-state index in [1.165, 1.54) is 10.4 Å². The van der Waals surface area contributed by atoms with E-state index in [1.54, 1.807) is 18.0 Å². The third-order valence-electron chi connectivity index (χ3n) is 5.15. The number of benzene rings is 1. The van der Waals surface area contributed by atoms with Crippen molar-refractivity contribution in [2.45, 2.75) is 25.9 Å². The molecule has 1 aliphatic heterocycles. The molecule has 3 heterocycles. The Morgan fingerprint density at radius 1 is 1.32 bits per heavy atom. The van der Waals surface area contributed by atoms with Crippen molar-refractivity contribution in [1.82, 2.24) is 20.0 Å². The average molecular weight is 397 g/mol. The number of carbonyl (C=O) groups excluding carboxylic acids is 1. The van der Waals surface area contributed by atoms with Crippen LogP contribution >= 0.6 is 11.3 Å². The summed E-state index contributed by atoms with van der Waals surface area (Å²) in [5.41, 5.74) is 2.60. The number of hydrogen-bond donors (Lipinski definition) is 1. The van der Waals surface area contributed by atoms with Gasteiger partial charge in [-0.1, -0.05) is 18.2 Å². The van der Waals surface area contributed by atoms with Crippen LogP contribution in [0.2, 0.25) is 0 Å². The fraction of sp³-hybridized carbons (Fsp3) is 0.333. The van der Waals surface area contributed by atoms with Crippen molar-refractivity contribution in [3.63, 3.8) is 0 Å². The predicted octanol–water partition coefficient (Wildman–Crippen LogP) is 3.12. The SMILES string of the molecule is COc1cn(-c2ccccc2)nc1C(=O)NCC(C)N1CCc2sccc2C1. The molecule has 0 saturated heterocycles. The van der Waals surface area contributed by atoms with E-state index < -0.39 is 0 Å². The minimum Gasteiger partial charge on any atom is -0.493 e. The maximum absolute atomic E-state index is 12.7. The largest absolute Gasteiger partial charge is 0.493 e. The highest BCUT2D eigenvalue weighted by molar-refractivity contribution is 7.10. The molecule has 0 bridgehead atoms. The number of ether oxygens (including phenoxy) is 1. The molecule has 2 aromatic heterocycles. The van der Waals surface area contributed by atoms with Crippen LogP contribution in [0.5, 0.6) is 5.75 Å². The summed E-state index contributed by atoms with van der Waals surface area (Å²) in [6.45, 7) is 4.69. The van der Waals surface area contributed by atoms with Gasteiger partial charge in [0.1, 0.15) is 0 Å². The number of nitrogens with zero attached hydrogens (tertiary/aromatic N) is 3. The smallest absolute Gasteiger partial charge is 0.275 e. The molecule has 1 aromatic carbocycles. The number of methoxy groups -OCH3 is 1. The number of thiophene rings is 1. The average Bonchev–Trinajstić information content (AvgIpc) is 3.38. The van der Waals surface area contributed by atoms with Gasteiger partial charge >= 0.3 is 0 Å². The van der Waals surface area contributed by atoms with Crippen LogP contribution in [0.4, 0.5) is 0 Å². The fourth-order valence-electron chi connectivity index (χ4n) is 3.48. The quantitative estimate of drug-likeness (QED) is 0.696. The Morgan fingerprint density at radius 3 is 2.93 bits per heavy atom. The van der Waals surface area contributed by atoms with E-state index in [2.05, 4.69) is 33.7 Å². The standard InChI is InChI=1S/C21H24N4O2S/c1-15(24-10-8-19-16(13-24)9-11-28-19)12-22-21(26)20-18(27-2)14-25(23-20)17-6-4-3-5-7-17/h3-7,9,11,14-15H,8,10,12-13H2,1-2H3,(H,22,26). The van der Waals surface area contributed by atoms with Gasteiger partial charge in [0.05, 0.1) is 19.0 Å². The molecule has 1 unspecified atom stereocenters. The first-order valence-corrected chi connectivity index (χ1v) is 10.3. The van der Waals surface area contributed by atoms with Gasteiger partial charge in [-0.3, -0.25) is 9.69 Å².